The van der Waals surface area contributed by atoms with Gasteiger partial charge in [-0.25, -0.2) is 8.42 Å². The molecule has 0 amide bonds. The Morgan fingerprint density at radius 3 is 2.23 bits per heavy atom. The summed E-state index contributed by atoms with van der Waals surface area (Å²) in [6, 6.07) is 0.365. The number of sulfone groups is 1. The molecule has 1 atom stereocenters. The molecule has 0 aliphatic rings. The minimum Gasteiger partial charge on any atom is -0.314 e. The Morgan fingerprint density at radius 1 is 1.23 bits per heavy atom. The van der Waals surface area contributed by atoms with Crippen molar-refractivity contribution >= 4 is 9.84 Å². The third-order valence-corrected chi connectivity index (χ3v) is 2.94. The number of rotatable bonds is 7. The van der Waals surface area contributed by atoms with E-state index in [1.54, 1.807) is 0 Å². The van der Waals surface area contributed by atoms with E-state index in [-0.39, 0.29) is 0 Å². The molecule has 0 saturated carbocycles. The van der Waals surface area contributed by atoms with E-state index in [1.807, 2.05) is 6.92 Å². The number of hydrogen-bond donors (Lipinski definition) is 1. The number of hydrogen-bond acceptors (Lipinski definition) is 3. The minimum atomic E-state index is -2.80. The van der Waals surface area contributed by atoms with Crippen LogP contribution in [0.4, 0.5) is 0 Å². The van der Waals surface area contributed by atoms with Crippen molar-refractivity contribution < 1.29 is 8.42 Å². The van der Waals surface area contributed by atoms with Crippen LogP contribution in [0.15, 0.2) is 0 Å². The molecular formula is C9H21NO2S. The summed E-state index contributed by atoms with van der Waals surface area (Å²) in [7, 11) is -2.80. The van der Waals surface area contributed by atoms with Crippen LogP contribution in [-0.2, 0) is 9.84 Å². The molecule has 0 spiro atoms. The second kappa shape index (κ2) is 6.38. The van der Waals surface area contributed by atoms with Gasteiger partial charge in [-0.2, -0.15) is 0 Å². The van der Waals surface area contributed by atoms with Gasteiger partial charge in [-0.3, -0.25) is 0 Å². The highest BCUT2D eigenvalue weighted by Gasteiger charge is 2.09. The zero-order valence-corrected chi connectivity index (χ0v) is 9.65. The maximum Gasteiger partial charge on any atom is 0.147 e. The van der Waals surface area contributed by atoms with Crippen LogP contribution in [-0.4, -0.2) is 33.0 Å². The lowest BCUT2D eigenvalue weighted by Gasteiger charge is -2.15. The lowest BCUT2D eigenvalue weighted by atomic mass is 10.1. The van der Waals surface area contributed by atoms with Crippen LogP contribution in [0.5, 0.6) is 0 Å². The van der Waals surface area contributed by atoms with E-state index in [0.29, 0.717) is 11.8 Å². The summed E-state index contributed by atoms with van der Waals surface area (Å²) in [6.07, 6.45) is 4.19. The molecule has 0 saturated heterocycles. The standard InChI is InChI=1S/C9H21NO2S/c1-4-6-9(10-5-2)7-8-13(3,11)12/h9-10H,4-8H2,1-3H3. The van der Waals surface area contributed by atoms with Crippen molar-refractivity contribution in [3.05, 3.63) is 0 Å². The predicted octanol–water partition coefficient (Wildman–Crippen LogP) is 1.20. The fourth-order valence-electron chi connectivity index (χ4n) is 1.34. The first kappa shape index (κ1) is 12.9. The zero-order valence-electron chi connectivity index (χ0n) is 8.84. The quantitative estimate of drug-likeness (QED) is 0.682. The molecule has 1 N–H and O–H groups in total. The Kier molecular flexibility index (Phi) is 6.33. The van der Waals surface area contributed by atoms with E-state index in [9.17, 15) is 8.42 Å². The molecule has 0 radical (unpaired) electrons. The summed E-state index contributed by atoms with van der Waals surface area (Å²) >= 11 is 0. The van der Waals surface area contributed by atoms with E-state index >= 15 is 0 Å². The smallest absolute Gasteiger partial charge is 0.147 e. The molecule has 1 unspecified atom stereocenters. The fourth-order valence-corrected chi connectivity index (χ4v) is 2.05. The van der Waals surface area contributed by atoms with Gasteiger partial charge < -0.3 is 5.32 Å². The molecule has 0 aromatic rings. The SMILES string of the molecule is CCCC(CCS(C)(=O)=O)NCC. The first-order valence-corrected chi connectivity index (χ1v) is 6.96. The summed E-state index contributed by atoms with van der Waals surface area (Å²) in [4.78, 5) is 0. The first-order chi connectivity index (χ1) is 5.99. The molecule has 0 fully saturated rings. The van der Waals surface area contributed by atoms with Crippen molar-refractivity contribution in [1.82, 2.24) is 5.32 Å². The summed E-state index contributed by atoms with van der Waals surface area (Å²) in [5.41, 5.74) is 0. The van der Waals surface area contributed by atoms with Crippen LogP contribution in [0.25, 0.3) is 0 Å². The lowest BCUT2D eigenvalue weighted by Crippen LogP contribution is -2.30. The maximum absolute atomic E-state index is 10.9. The Hall–Kier alpha value is -0.0900. The fraction of sp³-hybridized carbons (Fsp3) is 1.00. The highest BCUT2D eigenvalue weighted by atomic mass is 32.2. The van der Waals surface area contributed by atoms with Gasteiger partial charge in [0.15, 0.2) is 0 Å². The summed E-state index contributed by atoms with van der Waals surface area (Å²) in [5.74, 6) is 0.296. The molecule has 0 aliphatic heterocycles. The highest BCUT2D eigenvalue weighted by Crippen LogP contribution is 2.03. The predicted molar refractivity (Wildman–Crippen MR) is 56.7 cm³/mol. The van der Waals surface area contributed by atoms with Gasteiger partial charge in [0.25, 0.3) is 0 Å². The van der Waals surface area contributed by atoms with Gasteiger partial charge in [0.2, 0.25) is 0 Å². The van der Waals surface area contributed by atoms with Gasteiger partial charge in [-0.05, 0) is 19.4 Å². The highest BCUT2D eigenvalue weighted by molar-refractivity contribution is 7.90. The second-order valence-electron chi connectivity index (χ2n) is 3.46. The van der Waals surface area contributed by atoms with Gasteiger partial charge in [-0.15, -0.1) is 0 Å². The number of nitrogens with one attached hydrogen (secondary N) is 1. The molecule has 0 heterocycles. The van der Waals surface area contributed by atoms with Gasteiger partial charge >= 0.3 is 0 Å². The van der Waals surface area contributed by atoms with Crippen LogP contribution in [0, 0.1) is 0 Å². The Morgan fingerprint density at radius 2 is 1.85 bits per heavy atom. The summed E-state index contributed by atoms with van der Waals surface area (Å²) in [5, 5.41) is 3.29. The average molecular weight is 207 g/mol. The molecule has 13 heavy (non-hydrogen) atoms. The van der Waals surface area contributed by atoms with Crippen LogP contribution in [0.2, 0.25) is 0 Å². The van der Waals surface area contributed by atoms with Crippen molar-refractivity contribution in [2.75, 3.05) is 18.6 Å². The van der Waals surface area contributed by atoms with Crippen LogP contribution in [0.3, 0.4) is 0 Å². The summed E-state index contributed by atoms with van der Waals surface area (Å²) in [6.45, 7) is 5.07. The van der Waals surface area contributed by atoms with E-state index in [4.69, 9.17) is 0 Å². The minimum absolute atomic E-state index is 0.296. The van der Waals surface area contributed by atoms with Gasteiger partial charge in [0.1, 0.15) is 9.84 Å². The van der Waals surface area contributed by atoms with Crippen LogP contribution >= 0.6 is 0 Å². The average Bonchev–Trinajstić information content (AvgIpc) is 2.00. The largest absolute Gasteiger partial charge is 0.314 e. The zero-order chi connectivity index (χ0) is 10.3. The maximum atomic E-state index is 10.9. The Bertz CT molecular complexity index is 206. The van der Waals surface area contributed by atoms with Crippen molar-refractivity contribution in [3.8, 4) is 0 Å². The second-order valence-corrected chi connectivity index (χ2v) is 5.72. The summed E-state index contributed by atoms with van der Waals surface area (Å²) < 4.78 is 21.8. The first-order valence-electron chi connectivity index (χ1n) is 4.90. The van der Waals surface area contributed by atoms with Crippen LogP contribution in [0.1, 0.15) is 33.1 Å². The molecular weight excluding hydrogens is 186 g/mol. The lowest BCUT2D eigenvalue weighted by molar-refractivity contribution is 0.474. The molecule has 80 valence electrons. The molecule has 4 heteroatoms. The molecule has 0 aromatic heterocycles. The van der Waals surface area contributed by atoms with Gasteiger partial charge in [0, 0.05) is 12.3 Å². The normalized spacial score (nSPS) is 14.4. The molecule has 0 bridgehead atoms. The topological polar surface area (TPSA) is 46.2 Å². The van der Waals surface area contributed by atoms with Crippen LogP contribution < -0.4 is 5.32 Å². The van der Waals surface area contributed by atoms with E-state index < -0.39 is 9.84 Å². The third-order valence-electron chi connectivity index (χ3n) is 1.97. The van der Waals surface area contributed by atoms with Gasteiger partial charge in [0.05, 0.1) is 5.75 Å². The van der Waals surface area contributed by atoms with Crippen molar-refractivity contribution in [2.24, 2.45) is 0 Å². The Balaban J connectivity index is 3.81. The Labute approximate surface area is 81.8 Å². The monoisotopic (exact) mass is 207 g/mol. The van der Waals surface area contributed by atoms with Gasteiger partial charge in [-0.1, -0.05) is 20.3 Å². The molecule has 3 nitrogen and oxygen atoms in total. The van der Waals surface area contributed by atoms with Crippen molar-refractivity contribution in [1.29, 1.82) is 0 Å². The molecule has 0 aliphatic carbocycles. The van der Waals surface area contributed by atoms with E-state index in [0.717, 1.165) is 25.8 Å². The van der Waals surface area contributed by atoms with Crippen molar-refractivity contribution in [2.45, 2.75) is 39.2 Å². The molecule has 0 rings (SSSR count). The van der Waals surface area contributed by atoms with Crippen molar-refractivity contribution in [3.63, 3.8) is 0 Å². The third kappa shape index (κ3) is 8.25. The molecule has 0 aromatic carbocycles. The van der Waals surface area contributed by atoms with E-state index in [2.05, 4.69) is 12.2 Å². The van der Waals surface area contributed by atoms with E-state index in [1.165, 1.54) is 6.26 Å².